The van der Waals surface area contributed by atoms with Crippen LogP contribution < -0.4 is 5.56 Å². The zero-order valence-corrected chi connectivity index (χ0v) is 19.1. The molecule has 1 saturated heterocycles. The van der Waals surface area contributed by atoms with Gasteiger partial charge in [-0.25, -0.2) is 14.3 Å². The average molecular weight is 442 g/mol. The first kappa shape index (κ1) is 21.4. The number of hydrogen-bond acceptors (Lipinski definition) is 7. The van der Waals surface area contributed by atoms with Crippen molar-refractivity contribution in [2.45, 2.75) is 34.2 Å². The number of carbonyl (C=O) groups is 1. The highest BCUT2D eigenvalue weighted by Gasteiger charge is 2.25. The molecular formula is C21H27N7O2S. The summed E-state index contributed by atoms with van der Waals surface area (Å²) in [5.74, 6) is 0.703. The van der Waals surface area contributed by atoms with Gasteiger partial charge in [0, 0.05) is 44.5 Å². The summed E-state index contributed by atoms with van der Waals surface area (Å²) in [4.78, 5) is 34.3. The third kappa shape index (κ3) is 4.59. The van der Waals surface area contributed by atoms with E-state index in [0.29, 0.717) is 32.0 Å². The molecule has 1 aliphatic heterocycles. The van der Waals surface area contributed by atoms with Crippen LogP contribution in [0.25, 0.3) is 5.82 Å². The molecule has 0 aliphatic carbocycles. The van der Waals surface area contributed by atoms with Gasteiger partial charge in [-0.1, -0.05) is 0 Å². The minimum atomic E-state index is -0.130. The highest BCUT2D eigenvalue weighted by atomic mass is 32.1. The van der Waals surface area contributed by atoms with Gasteiger partial charge in [0.2, 0.25) is 0 Å². The fraction of sp³-hybridized carbons (Fsp3) is 0.476. The largest absolute Gasteiger partial charge is 0.335 e. The normalized spacial score (nSPS) is 14.9. The Hall–Kier alpha value is -2.85. The Labute approximate surface area is 184 Å². The number of piperazine rings is 1. The van der Waals surface area contributed by atoms with Gasteiger partial charge >= 0.3 is 0 Å². The van der Waals surface area contributed by atoms with Crippen molar-refractivity contribution in [2.75, 3.05) is 32.7 Å². The summed E-state index contributed by atoms with van der Waals surface area (Å²) in [6, 6.07) is 5.22. The Morgan fingerprint density at radius 1 is 1.03 bits per heavy atom. The molecule has 3 aromatic heterocycles. The second kappa shape index (κ2) is 8.72. The Morgan fingerprint density at radius 2 is 1.77 bits per heavy atom. The molecule has 0 bridgehead atoms. The van der Waals surface area contributed by atoms with Gasteiger partial charge in [-0.3, -0.25) is 14.5 Å². The number of thiazole rings is 1. The SMILES string of the molecule is Cc1cc(C)n(-c2ccc(=O)n(CCN3CCN(C(=O)c4sc(C)nc4C)CC3)n2)n1. The van der Waals surface area contributed by atoms with Crippen LogP contribution in [0.3, 0.4) is 0 Å². The molecule has 0 aromatic carbocycles. The van der Waals surface area contributed by atoms with E-state index in [9.17, 15) is 9.59 Å². The van der Waals surface area contributed by atoms with Crippen molar-refractivity contribution in [1.29, 1.82) is 0 Å². The van der Waals surface area contributed by atoms with Crippen LogP contribution in [0.5, 0.6) is 0 Å². The molecule has 1 amide bonds. The molecule has 4 rings (SSSR count). The number of carbonyl (C=O) groups excluding carboxylic acids is 1. The monoisotopic (exact) mass is 441 g/mol. The van der Waals surface area contributed by atoms with Crippen molar-refractivity contribution in [3.8, 4) is 5.82 Å². The van der Waals surface area contributed by atoms with Crippen molar-refractivity contribution in [3.05, 3.63) is 55.5 Å². The van der Waals surface area contributed by atoms with E-state index in [2.05, 4.69) is 20.1 Å². The molecule has 1 fully saturated rings. The highest BCUT2D eigenvalue weighted by molar-refractivity contribution is 7.13. The van der Waals surface area contributed by atoms with Crippen molar-refractivity contribution in [2.24, 2.45) is 0 Å². The zero-order valence-electron chi connectivity index (χ0n) is 18.3. The van der Waals surface area contributed by atoms with Gasteiger partial charge in [0.15, 0.2) is 5.82 Å². The number of amides is 1. The molecule has 1 aliphatic rings. The van der Waals surface area contributed by atoms with Crippen molar-refractivity contribution in [1.82, 2.24) is 34.3 Å². The van der Waals surface area contributed by atoms with Gasteiger partial charge < -0.3 is 4.90 Å². The van der Waals surface area contributed by atoms with Crippen LogP contribution in [0.4, 0.5) is 0 Å². The van der Waals surface area contributed by atoms with E-state index < -0.39 is 0 Å². The first-order chi connectivity index (χ1) is 14.8. The van der Waals surface area contributed by atoms with Crippen molar-refractivity contribution < 1.29 is 4.79 Å². The summed E-state index contributed by atoms with van der Waals surface area (Å²) < 4.78 is 3.24. The first-order valence-corrected chi connectivity index (χ1v) is 11.2. The number of aryl methyl sites for hydroxylation is 4. The molecule has 0 saturated carbocycles. The summed E-state index contributed by atoms with van der Waals surface area (Å²) in [6.07, 6.45) is 0. The lowest BCUT2D eigenvalue weighted by atomic mass is 10.2. The summed E-state index contributed by atoms with van der Waals surface area (Å²) in [5.41, 5.74) is 2.56. The summed E-state index contributed by atoms with van der Waals surface area (Å²) >= 11 is 1.46. The van der Waals surface area contributed by atoms with Crippen LogP contribution in [0.2, 0.25) is 0 Å². The van der Waals surface area contributed by atoms with Gasteiger partial charge in [-0.2, -0.15) is 5.10 Å². The van der Waals surface area contributed by atoms with Crippen LogP contribution in [0, 0.1) is 27.7 Å². The molecule has 10 heteroatoms. The molecule has 0 spiro atoms. The summed E-state index contributed by atoms with van der Waals surface area (Å²) in [5, 5.41) is 9.87. The molecule has 4 heterocycles. The minimum absolute atomic E-state index is 0.0678. The lowest BCUT2D eigenvalue weighted by molar-refractivity contribution is 0.0635. The Morgan fingerprint density at radius 3 is 2.39 bits per heavy atom. The Kier molecular flexibility index (Phi) is 6.01. The van der Waals surface area contributed by atoms with E-state index in [-0.39, 0.29) is 11.5 Å². The molecule has 0 unspecified atom stereocenters. The number of rotatable bonds is 5. The predicted octanol–water partition coefficient (Wildman–Crippen LogP) is 1.58. The smallest absolute Gasteiger partial charge is 0.266 e. The van der Waals surface area contributed by atoms with Crippen LogP contribution >= 0.6 is 11.3 Å². The second-order valence-corrected chi connectivity index (χ2v) is 9.08. The van der Waals surface area contributed by atoms with Crippen molar-refractivity contribution >= 4 is 17.2 Å². The third-order valence-electron chi connectivity index (χ3n) is 5.46. The highest BCUT2D eigenvalue weighted by Crippen LogP contribution is 2.20. The average Bonchev–Trinajstić information content (AvgIpc) is 3.26. The van der Waals surface area contributed by atoms with Gasteiger partial charge in [-0.15, -0.1) is 16.4 Å². The molecule has 3 aromatic rings. The molecule has 164 valence electrons. The quantitative estimate of drug-likeness (QED) is 0.597. The Bertz CT molecular complexity index is 1150. The third-order valence-corrected chi connectivity index (χ3v) is 6.53. The van der Waals surface area contributed by atoms with Gasteiger partial charge in [0.25, 0.3) is 11.5 Å². The van der Waals surface area contributed by atoms with E-state index in [4.69, 9.17) is 0 Å². The topological polar surface area (TPSA) is 89.2 Å². The summed E-state index contributed by atoms with van der Waals surface area (Å²) in [6.45, 7) is 11.8. The zero-order chi connectivity index (χ0) is 22.1. The van der Waals surface area contributed by atoms with Gasteiger partial charge in [0.05, 0.1) is 22.9 Å². The van der Waals surface area contributed by atoms with Crippen LogP contribution in [-0.2, 0) is 6.54 Å². The Balaban J connectivity index is 1.36. The molecular weight excluding hydrogens is 414 g/mol. The maximum absolute atomic E-state index is 12.8. The molecule has 0 radical (unpaired) electrons. The van der Waals surface area contributed by atoms with Crippen molar-refractivity contribution in [3.63, 3.8) is 0 Å². The lowest BCUT2D eigenvalue weighted by Gasteiger charge is -2.34. The molecule has 0 atom stereocenters. The number of nitrogens with zero attached hydrogens (tertiary/aromatic N) is 7. The maximum atomic E-state index is 12.8. The summed E-state index contributed by atoms with van der Waals surface area (Å²) in [7, 11) is 0. The fourth-order valence-corrected chi connectivity index (χ4v) is 4.74. The van der Waals surface area contributed by atoms with E-state index in [1.807, 2.05) is 38.7 Å². The van der Waals surface area contributed by atoms with E-state index in [0.717, 1.165) is 40.1 Å². The van der Waals surface area contributed by atoms with E-state index in [1.165, 1.54) is 22.1 Å². The fourth-order valence-electron chi connectivity index (χ4n) is 3.86. The van der Waals surface area contributed by atoms with Crippen LogP contribution in [-0.4, -0.2) is 73.0 Å². The van der Waals surface area contributed by atoms with Gasteiger partial charge in [0.1, 0.15) is 4.88 Å². The van der Waals surface area contributed by atoms with E-state index >= 15 is 0 Å². The van der Waals surface area contributed by atoms with Crippen LogP contribution in [0.15, 0.2) is 23.0 Å². The first-order valence-electron chi connectivity index (χ1n) is 10.4. The molecule has 0 N–H and O–H groups in total. The lowest BCUT2D eigenvalue weighted by Crippen LogP contribution is -2.49. The second-order valence-electron chi connectivity index (χ2n) is 7.87. The minimum Gasteiger partial charge on any atom is -0.335 e. The molecule has 31 heavy (non-hydrogen) atoms. The molecule has 9 nitrogen and oxygen atoms in total. The predicted molar refractivity (Wildman–Crippen MR) is 119 cm³/mol. The number of aromatic nitrogens is 5. The van der Waals surface area contributed by atoms with Crippen LogP contribution in [0.1, 0.15) is 31.8 Å². The number of hydrogen-bond donors (Lipinski definition) is 0. The standard InChI is InChI=1S/C21H27N7O2S/c1-14-13-15(2)28(23-14)18-5-6-19(29)27(24-18)12-9-25-7-10-26(11-8-25)21(30)20-16(3)22-17(4)31-20/h5-6,13H,7-12H2,1-4H3. The van der Waals surface area contributed by atoms with Gasteiger partial charge in [-0.05, 0) is 39.8 Å². The van der Waals surface area contributed by atoms with E-state index in [1.54, 1.807) is 10.7 Å². The maximum Gasteiger partial charge on any atom is 0.266 e.